The van der Waals surface area contributed by atoms with E-state index < -0.39 is 48.5 Å². The summed E-state index contributed by atoms with van der Waals surface area (Å²) in [4.78, 5) is 29.9. The van der Waals surface area contributed by atoms with Crippen molar-refractivity contribution in [2.24, 2.45) is 5.92 Å². The normalized spacial score (nSPS) is 27.6. The van der Waals surface area contributed by atoms with E-state index >= 15 is 0 Å². The first-order chi connectivity index (χ1) is 15.1. The Kier molecular flexibility index (Phi) is 9.36. The second-order valence-electron chi connectivity index (χ2n) is 7.59. The molecule has 0 aromatic heterocycles. The topological polar surface area (TPSA) is 166 Å². The number of fused-ring (bicyclic) bond motifs is 1. The fourth-order valence-electron chi connectivity index (χ4n) is 2.83. The lowest BCUT2D eigenvalue weighted by molar-refractivity contribution is -0.127. The molecule has 0 spiro atoms. The van der Waals surface area contributed by atoms with E-state index in [-0.39, 0.29) is 35.8 Å². The molecule has 10 nitrogen and oxygen atoms in total. The van der Waals surface area contributed by atoms with Gasteiger partial charge in [0.1, 0.15) is 36.2 Å². The van der Waals surface area contributed by atoms with Gasteiger partial charge in [-0.05, 0) is 31.1 Å². The molecule has 2 rings (SSSR count). The van der Waals surface area contributed by atoms with Crippen molar-refractivity contribution < 1.29 is 44.7 Å². The smallest absolute Gasteiger partial charge is 0.342 e. The predicted molar refractivity (Wildman–Crippen MR) is 115 cm³/mol. The minimum Gasteiger partial charge on any atom is -0.507 e. The predicted octanol–water partition coefficient (Wildman–Crippen LogP) is 0.534. The van der Waals surface area contributed by atoms with E-state index in [1.807, 2.05) is 0 Å². The highest BCUT2D eigenvalue weighted by atomic mass is 16.6. The third-order valence-electron chi connectivity index (χ3n) is 4.96. The summed E-state index contributed by atoms with van der Waals surface area (Å²) < 4.78 is 5.45. The number of phenols is 1. The van der Waals surface area contributed by atoms with E-state index in [1.54, 1.807) is 13.8 Å². The molecule has 0 radical (unpaired) electrons. The first-order valence-electron chi connectivity index (χ1n) is 10.1. The number of aliphatic hydroxyl groups is 4. The summed E-state index contributed by atoms with van der Waals surface area (Å²) >= 11 is 0. The number of phenolic OH excluding ortho intramolecular Hbond substituents is 1. The number of carbonyl (C=O) groups excluding carboxylic acids is 2. The summed E-state index contributed by atoms with van der Waals surface area (Å²) in [6, 6.07) is 2.69. The van der Waals surface area contributed by atoms with Crippen molar-refractivity contribution in [2.75, 3.05) is 18.7 Å². The summed E-state index contributed by atoms with van der Waals surface area (Å²) in [6.07, 6.45) is 0.654. The van der Waals surface area contributed by atoms with Crippen molar-refractivity contribution in [1.82, 2.24) is 0 Å². The van der Waals surface area contributed by atoms with Crippen LogP contribution < -0.4 is 5.48 Å². The molecule has 10 heteroatoms. The number of nitrogens with one attached hydrogen (secondary N) is 1. The molecule has 1 aliphatic rings. The molecule has 1 aromatic carbocycles. The summed E-state index contributed by atoms with van der Waals surface area (Å²) in [5.74, 6) is -2.24. The van der Waals surface area contributed by atoms with Crippen LogP contribution in [0.25, 0.3) is 6.08 Å². The van der Waals surface area contributed by atoms with Crippen molar-refractivity contribution in [3.05, 3.63) is 41.5 Å². The van der Waals surface area contributed by atoms with Crippen molar-refractivity contribution >= 4 is 23.5 Å². The molecule has 1 aromatic rings. The van der Waals surface area contributed by atoms with Crippen molar-refractivity contribution in [1.29, 1.82) is 0 Å². The summed E-state index contributed by atoms with van der Waals surface area (Å²) in [6.45, 7) is 2.61. The Morgan fingerprint density at radius 2 is 1.94 bits per heavy atom. The fraction of sp³-hybridized carbons (Fsp3) is 0.455. The standard InChI is InChI=1S/C22H29NO9/c1-12-6-7-18(27)21(29)17(26)5-3-4-14-8-15(23-31-11-16(25)10-24)9-19(28)20(14)22(30)32-13(12)2/h3-4,6-9,12-13,16-17,21,23-26,28-29H,5,10-11H2,1-2H3/b4-3+,7-6-/t12-,13+,16-,17+,21+/m1/s1. The van der Waals surface area contributed by atoms with Crippen LogP contribution in [0, 0.1) is 5.92 Å². The molecule has 0 bridgehead atoms. The Labute approximate surface area is 185 Å². The number of esters is 1. The Balaban J connectivity index is 2.39. The van der Waals surface area contributed by atoms with Crippen molar-refractivity contribution in [3.8, 4) is 5.75 Å². The second-order valence-corrected chi connectivity index (χ2v) is 7.59. The molecule has 0 saturated heterocycles. The van der Waals surface area contributed by atoms with Crippen LogP contribution in [0.4, 0.5) is 5.69 Å². The first-order valence-corrected chi connectivity index (χ1v) is 10.1. The van der Waals surface area contributed by atoms with E-state index in [0.717, 1.165) is 6.08 Å². The minimum atomic E-state index is -1.61. The molecule has 1 aliphatic heterocycles. The molecule has 0 amide bonds. The number of carbonyl (C=O) groups is 2. The van der Waals surface area contributed by atoms with Gasteiger partial charge in [0.15, 0.2) is 5.78 Å². The number of rotatable bonds is 5. The molecule has 176 valence electrons. The lowest BCUT2D eigenvalue weighted by atomic mass is 9.99. The van der Waals surface area contributed by atoms with Crippen molar-refractivity contribution in [2.45, 2.75) is 44.7 Å². The molecule has 6 N–H and O–H groups in total. The van der Waals surface area contributed by atoms with Crippen LogP contribution in [0.15, 0.2) is 30.4 Å². The highest BCUT2D eigenvalue weighted by Gasteiger charge is 2.25. The van der Waals surface area contributed by atoms with Crippen LogP contribution in [0.5, 0.6) is 5.75 Å². The molecule has 0 fully saturated rings. The van der Waals surface area contributed by atoms with Crippen molar-refractivity contribution in [3.63, 3.8) is 0 Å². The highest BCUT2D eigenvalue weighted by molar-refractivity contribution is 5.97. The number of benzene rings is 1. The van der Waals surface area contributed by atoms with Crippen LogP contribution in [-0.4, -0.2) is 74.9 Å². The minimum absolute atomic E-state index is 0.0984. The summed E-state index contributed by atoms with van der Waals surface area (Å²) in [5.41, 5.74) is 2.85. The van der Waals surface area contributed by atoms with E-state index in [1.165, 1.54) is 30.4 Å². The van der Waals surface area contributed by atoms with Crippen LogP contribution in [-0.2, 0) is 14.4 Å². The number of anilines is 1. The van der Waals surface area contributed by atoms with E-state index in [4.69, 9.17) is 14.7 Å². The van der Waals surface area contributed by atoms with Crippen LogP contribution >= 0.6 is 0 Å². The third kappa shape index (κ3) is 6.87. The average Bonchev–Trinajstić information content (AvgIpc) is 2.75. The quantitative estimate of drug-likeness (QED) is 0.275. The summed E-state index contributed by atoms with van der Waals surface area (Å²) in [7, 11) is 0. The number of aliphatic hydroxyl groups excluding tert-OH is 4. The number of hydrogen-bond acceptors (Lipinski definition) is 10. The van der Waals surface area contributed by atoms with E-state index in [9.17, 15) is 30.0 Å². The molecule has 0 aliphatic carbocycles. The maximum absolute atomic E-state index is 12.8. The number of ether oxygens (including phenoxy) is 1. The molecular formula is C22H29NO9. The number of cyclic esters (lactones) is 1. The second kappa shape index (κ2) is 11.7. The zero-order valence-electron chi connectivity index (χ0n) is 17.8. The molecular weight excluding hydrogens is 422 g/mol. The van der Waals surface area contributed by atoms with E-state index in [0.29, 0.717) is 0 Å². The van der Waals surface area contributed by atoms with Gasteiger partial charge in [0.25, 0.3) is 0 Å². The number of ketones is 1. The van der Waals surface area contributed by atoms with Gasteiger partial charge in [-0.3, -0.25) is 15.1 Å². The van der Waals surface area contributed by atoms with E-state index in [2.05, 4.69) is 5.48 Å². The van der Waals surface area contributed by atoms with Crippen LogP contribution in [0.3, 0.4) is 0 Å². The van der Waals surface area contributed by atoms with Gasteiger partial charge in [-0.2, -0.15) is 0 Å². The monoisotopic (exact) mass is 451 g/mol. The molecule has 0 unspecified atom stereocenters. The zero-order valence-corrected chi connectivity index (χ0v) is 17.8. The molecule has 32 heavy (non-hydrogen) atoms. The lowest BCUT2D eigenvalue weighted by Gasteiger charge is -2.20. The molecule has 1 heterocycles. The van der Waals surface area contributed by atoms with Gasteiger partial charge in [0, 0.05) is 12.0 Å². The zero-order chi connectivity index (χ0) is 23.8. The van der Waals surface area contributed by atoms with Gasteiger partial charge in [0.05, 0.1) is 18.4 Å². The Hall–Kier alpha value is -2.76. The third-order valence-corrected chi connectivity index (χ3v) is 4.96. The number of hydrogen-bond donors (Lipinski definition) is 6. The number of aromatic hydroxyl groups is 1. The first kappa shape index (κ1) is 25.5. The lowest BCUT2D eigenvalue weighted by Crippen LogP contribution is -2.32. The maximum atomic E-state index is 12.8. The SMILES string of the molecule is C[C@@H]1/C=C\C(=O)[C@@H](O)[C@@H](O)C/C=C/c2cc(NOC[C@H](O)CO)cc(O)c2C(=O)O[C@H]1C. The highest BCUT2D eigenvalue weighted by Crippen LogP contribution is 2.30. The average molecular weight is 451 g/mol. The molecule has 0 saturated carbocycles. The van der Waals surface area contributed by atoms with Gasteiger partial charge in [0.2, 0.25) is 0 Å². The largest absolute Gasteiger partial charge is 0.507 e. The maximum Gasteiger partial charge on any atom is 0.342 e. The molecule has 5 atom stereocenters. The van der Waals surface area contributed by atoms with Gasteiger partial charge in [-0.1, -0.05) is 25.2 Å². The van der Waals surface area contributed by atoms with Gasteiger partial charge >= 0.3 is 5.97 Å². The Morgan fingerprint density at radius 1 is 1.22 bits per heavy atom. The van der Waals surface area contributed by atoms with Gasteiger partial charge in [-0.15, -0.1) is 0 Å². The van der Waals surface area contributed by atoms with Gasteiger partial charge < -0.3 is 30.3 Å². The Morgan fingerprint density at radius 3 is 2.62 bits per heavy atom. The van der Waals surface area contributed by atoms with Crippen LogP contribution in [0.2, 0.25) is 0 Å². The van der Waals surface area contributed by atoms with Crippen LogP contribution in [0.1, 0.15) is 36.2 Å². The summed E-state index contributed by atoms with van der Waals surface area (Å²) in [5, 5.41) is 48.8. The van der Waals surface area contributed by atoms with Gasteiger partial charge in [-0.25, -0.2) is 4.79 Å². The Bertz CT molecular complexity index is 867. The fourth-order valence-corrected chi connectivity index (χ4v) is 2.83.